The molecule has 0 saturated carbocycles. The van der Waals surface area contributed by atoms with Crippen LogP contribution >= 0.6 is 0 Å². The minimum absolute atomic E-state index is 0.111. The van der Waals surface area contributed by atoms with Gasteiger partial charge in [0.2, 0.25) is 5.91 Å². The summed E-state index contributed by atoms with van der Waals surface area (Å²) in [5.74, 6) is 0.227. The van der Waals surface area contributed by atoms with Gasteiger partial charge < -0.3 is 25.0 Å². The SMILES string of the molecule is C=Cc1cccc(Nc2c(C#N)cnc3cc(OC4CCOC4)c(NC(=O)C=CCN(C)C)cc23)c1. The van der Waals surface area contributed by atoms with E-state index in [1.807, 2.05) is 43.3 Å². The first-order chi connectivity index (χ1) is 17.5. The lowest BCUT2D eigenvalue weighted by Gasteiger charge is -2.18. The van der Waals surface area contributed by atoms with E-state index < -0.39 is 0 Å². The van der Waals surface area contributed by atoms with Crippen LogP contribution in [0.25, 0.3) is 17.0 Å². The molecule has 1 unspecified atom stereocenters. The van der Waals surface area contributed by atoms with Crippen molar-refractivity contribution < 1.29 is 14.3 Å². The van der Waals surface area contributed by atoms with E-state index in [9.17, 15) is 10.1 Å². The number of amides is 1. The molecule has 1 atom stereocenters. The fraction of sp³-hybridized carbons (Fsp3) is 0.250. The van der Waals surface area contributed by atoms with Gasteiger partial charge in [0, 0.05) is 42.4 Å². The zero-order chi connectivity index (χ0) is 25.5. The molecule has 1 fully saturated rings. The summed E-state index contributed by atoms with van der Waals surface area (Å²) in [6.45, 7) is 5.58. The van der Waals surface area contributed by atoms with E-state index in [0.717, 1.165) is 17.7 Å². The number of nitriles is 1. The van der Waals surface area contributed by atoms with Crippen molar-refractivity contribution in [2.24, 2.45) is 0 Å². The maximum Gasteiger partial charge on any atom is 0.248 e. The van der Waals surface area contributed by atoms with E-state index in [2.05, 4.69) is 28.3 Å². The Morgan fingerprint density at radius 2 is 2.22 bits per heavy atom. The first-order valence-electron chi connectivity index (χ1n) is 11.7. The van der Waals surface area contributed by atoms with E-state index in [1.165, 1.54) is 12.3 Å². The lowest BCUT2D eigenvalue weighted by Crippen LogP contribution is -2.18. The molecule has 0 radical (unpaired) electrons. The number of ether oxygens (including phenoxy) is 2. The van der Waals surface area contributed by atoms with Crippen LogP contribution in [0.4, 0.5) is 17.1 Å². The molecule has 8 nitrogen and oxygen atoms in total. The Morgan fingerprint density at radius 1 is 1.36 bits per heavy atom. The number of likely N-dealkylation sites (N-methyl/N-ethyl adjacent to an activating group) is 1. The maximum absolute atomic E-state index is 12.7. The van der Waals surface area contributed by atoms with Crippen molar-refractivity contribution in [2.75, 3.05) is 44.5 Å². The topological polar surface area (TPSA) is 99.5 Å². The average molecular weight is 484 g/mol. The van der Waals surface area contributed by atoms with Gasteiger partial charge in [0.25, 0.3) is 0 Å². The van der Waals surface area contributed by atoms with Crippen molar-refractivity contribution in [2.45, 2.75) is 12.5 Å². The number of nitrogens with zero attached hydrogens (tertiary/aromatic N) is 3. The summed E-state index contributed by atoms with van der Waals surface area (Å²) in [7, 11) is 3.86. The molecule has 2 aromatic carbocycles. The summed E-state index contributed by atoms with van der Waals surface area (Å²) in [5.41, 5.74) is 3.85. The van der Waals surface area contributed by atoms with Crippen LogP contribution < -0.4 is 15.4 Å². The number of hydrogen-bond donors (Lipinski definition) is 2. The number of pyridine rings is 1. The molecule has 1 saturated heterocycles. The van der Waals surface area contributed by atoms with E-state index in [4.69, 9.17) is 9.47 Å². The largest absolute Gasteiger partial charge is 0.486 e. The minimum Gasteiger partial charge on any atom is -0.486 e. The van der Waals surface area contributed by atoms with E-state index in [1.54, 1.807) is 24.3 Å². The predicted octanol–water partition coefficient (Wildman–Crippen LogP) is 4.72. The Hall–Kier alpha value is -4.19. The second-order valence-corrected chi connectivity index (χ2v) is 8.74. The molecule has 1 aliphatic heterocycles. The molecule has 0 spiro atoms. The van der Waals surface area contributed by atoms with Crippen LogP contribution in [0.5, 0.6) is 5.75 Å². The van der Waals surface area contributed by atoms with Gasteiger partial charge in [-0.2, -0.15) is 5.26 Å². The van der Waals surface area contributed by atoms with Crippen molar-refractivity contribution in [1.82, 2.24) is 9.88 Å². The molecule has 36 heavy (non-hydrogen) atoms. The molecule has 4 rings (SSSR count). The highest BCUT2D eigenvalue weighted by Gasteiger charge is 2.21. The number of rotatable bonds is 9. The number of carbonyl (C=O) groups excluding carboxylic acids is 1. The van der Waals surface area contributed by atoms with Crippen molar-refractivity contribution in [3.8, 4) is 11.8 Å². The van der Waals surface area contributed by atoms with Gasteiger partial charge in [0.1, 0.15) is 17.9 Å². The Balaban J connectivity index is 1.77. The number of carbonyl (C=O) groups is 1. The number of aromatic nitrogens is 1. The molecular formula is C28H29N5O3. The third-order valence-electron chi connectivity index (χ3n) is 5.66. The predicted molar refractivity (Wildman–Crippen MR) is 142 cm³/mol. The standard InChI is InChI=1S/C28H29N5O3/c1-4-19-7-5-8-21(13-19)31-28-20(16-29)17-30-24-15-26(36-22-10-12-35-18-22)25(14-23(24)28)32-27(34)9-6-11-33(2)3/h4-9,13-15,17,22H,1,10-12,18H2,2-3H3,(H,30,31)(H,32,34). The zero-order valence-corrected chi connectivity index (χ0v) is 20.5. The summed E-state index contributed by atoms with van der Waals surface area (Å²) in [6, 6.07) is 13.5. The van der Waals surface area contributed by atoms with Crippen LogP contribution in [0.15, 0.2) is 61.3 Å². The molecule has 1 amide bonds. The molecular weight excluding hydrogens is 454 g/mol. The van der Waals surface area contributed by atoms with Crippen LogP contribution in [0.2, 0.25) is 0 Å². The molecule has 3 aromatic rings. The van der Waals surface area contributed by atoms with Crippen molar-refractivity contribution in [1.29, 1.82) is 5.26 Å². The fourth-order valence-corrected chi connectivity index (χ4v) is 3.85. The minimum atomic E-state index is -0.277. The molecule has 1 aromatic heterocycles. The normalized spacial score (nSPS) is 15.2. The van der Waals surface area contributed by atoms with Gasteiger partial charge in [-0.1, -0.05) is 30.9 Å². The lowest BCUT2D eigenvalue weighted by molar-refractivity contribution is -0.111. The third kappa shape index (κ3) is 6.08. The van der Waals surface area contributed by atoms with Crippen molar-refractivity contribution >= 4 is 39.9 Å². The maximum atomic E-state index is 12.7. The van der Waals surface area contributed by atoms with E-state index >= 15 is 0 Å². The highest BCUT2D eigenvalue weighted by molar-refractivity contribution is 6.04. The molecule has 0 aliphatic carbocycles. The van der Waals surface area contributed by atoms with Crippen molar-refractivity contribution in [3.63, 3.8) is 0 Å². The Kier molecular flexibility index (Phi) is 7.95. The Labute approximate surface area is 210 Å². The molecule has 8 heteroatoms. The van der Waals surface area contributed by atoms with Crippen LogP contribution in [-0.4, -0.2) is 55.7 Å². The monoisotopic (exact) mass is 483 g/mol. The van der Waals surface area contributed by atoms with Gasteiger partial charge in [0.15, 0.2) is 0 Å². The molecule has 0 bridgehead atoms. The van der Waals surface area contributed by atoms with Crippen LogP contribution in [0.1, 0.15) is 17.5 Å². The summed E-state index contributed by atoms with van der Waals surface area (Å²) in [4.78, 5) is 19.2. The fourth-order valence-electron chi connectivity index (χ4n) is 3.85. The van der Waals surface area contributed by atoms with Gasteiger partial charge in [-0.15, -0.1) is 0 Å². The lowest BCUT2D eigenvalue weighted by atomic mass is 10.1. The third-order valence-corrected chi connectivity index (χ3v) is 5.66. The van der Waals surface area contributed by atoms with Gasteiger partial charge in [-0.05, 0) is 37.9 Å². The number of fused-ring (bicyclic) bond motifs is 1. The summed E-state index contributed by atoms with van der Waals surface area (Å²) >= 11 is 0. The second kappa shape index (κ2) is 11.5. The Morgan fingerprint density at radius 3 is 2.94 bits per heavy atom. The molecule has 184 valence electrons. The van der Waals surface area contributed by atoms with Crippen LogP contribution in [0.3, 0.4) is 0 Å². The van der Waals surface area contributed by atoms with Gasteiger partial charge in [-0.3, -0.25) is 9.78 Å². The summed E-state index contributed by atoms with van der Waals surface area (Å²) in [5, 5.41) is 16.8. The molecule has 2 N–H and O–H groups in total. The second-order valence-electron chi connectivity index (χ2n) is 8.74. The average Bonchev–Trinajstić information content (AvgIpc) is 3.38. The van der Waals surface area contributed by atoms with Gasteiger partial charge in [-0.25, -0.2) is 0 Å². The number of benzene rings is 2. The summed E-state index contributed by atoms with van der Waals surface area (Å²) in [6.07, 6.45) is 7.23. The highest BCUT2D eigenvalue weighted by Crippen LogP contribution is 2.37. The number of nitrogens with one attached hydrogen (secondary N) is 2. The smallest absolute Gasteiger partial charge is 0.248 e. The quantitative estimate of drug-likeness (QED) is 0.425. The Bertz CT molecular complexity index is 1340. The van der Waals surface area contributed by atoms with E-state index in [0.29, 0.717) is 53.3 Å². The van der Waals surface area contributed by atoms with Gasteiger partial charge in [0.05, 0.1) is 35.7 Å². The van der Waals surface area contributed by atoms with Gasteiger partial charge >= 0.3 is 0 Å². The summed E-state index contributed by atoms with van der Waals surface area (Å²) < 4.78 is 11.6. The van der Waals surface area contributed by atoms with Crippen LogP contribution in [-0.2, 0) is 9.53 Å². The number of anilines is 3. The first-order valence-corrected chi connectivity index (χ1v) is 11.7. The van der Waals surface area contributed by atoms with Crippen LogP contribution in [0, 0.1) is 11.3 Å². The van der Waals surface area contributed by atoms with E-state index in [-0.39, 0.29) is 12.0 Å². The number of hydrogen-bond acceptors (Lipinski definition) is 7. The molecule has 1 aliphatic rings. The first kappa shape index (κ1) is 24.9. The zero-order valence-electron chi connectivity index (χ0n) is 20.5. The molecule has 2 heterocycles. The highest BCUT2D eigenvalue weighted by atomic mass is 16.5. The van der Waals surface area contributed by atoms with Crippen molar-refractivity contribution in [3.05, 3.63) is 72.5 Å².